The normalized spacial score (nSPS) is 33.6. The summed E-state index contributed by atoms with van der Waals surface area (Å²) >= 11 is 0. The zero-order valence-corrected chi connectivity index (χ0v) is 22.8. The van der Waals surface area contributed by atoms with Crippen LogP contribution in [0.15, 0.2) is 0 Å². The highest BCUT2D eigenvalue weighted by Crippen LogP contribution is 2.35. The minimum Gasteiger partial charge on any atom is -0.396 e. The van der Waals surface area contributed by atoms with Crippen molar-refractivity contribution in [2.45, 2.75) is 104 Å². The van der Waals surface area contributed by atoms with Gasteiger partial charge in [-0.25, -0.2) is 0 Å². The average Bonchev–Trinajstić information content (AvgIpc) is 2.85. The summed E-state index contributed by atoms with van der Waals surface area (Å²) in [5.74, 6) is -2.77. The molecule has 10 nitrogen and oxygen atoms in total. The van der Waals surface area contributed by atoms with Gasteiger partial charge in [-0.15, -0.1) is 0 Å². The molecule has 0 aromatic heterocycles. The monoisotopic (exact) mass is 516 g/mol. The molecule has 0 unspecified atom stereocenters. The van der Waals surface area contributed by atoms with Gasteiger partial charge in [0.25, 0.3) is 0 Å². The number of nitrogens with one attached hydrogen (secondary N) is 2. The Morgan fingerprint density at radius 2 is 1.14 bits per heavy atom. The van der Waals surface area contributed by atoms with E-state index in [2.05, 4.69) is 17.6 Å². The lowest BCUT2D eigenvalue weighted by Gasteiger charge is -2.43. The molecule has 2 saturated heterocycles. The second-order valence-electron chi connectivity index (χ2n) is 11.0. The Morgan fingerprint density at radius 3 is 1.44 bits per heavy atom. The van der Waals surface area contributed by atoms with Gasteiger partial charge in [0.1, 0.15) is 6.17 Å². The Labute approximate surface area is 215 Å². The number of ether oxygens (including phenoxy) is 4. The standard InChI is InChI=1S/C26H48N2O8/c1-6-9-10-11-20(27-21(31)12-23(4)33-16-25(7-2,14-29)17-34-23)28-22(32)13-24(5)35-18-26(8-3,15-30)19-36-24/h20,29-30H,6-19H2,1-5H3,(H,27,31)(H,28,32). The Kier molecular flexibility index (Phi) is 11.6. The van der Waals surface area contributed by atoms with Crippen LogP contribution in [0, 0.1) is 10.8 Å². The molecule has 0 aromatic carbocycles. The summed E-state index contributed by atoms with van der Waals surface area (Å²) in [5, 5.41) is 25.2. The van der Waals surface area contributed by atoms with Gasteiger partial charge in [-0.2, -0.15) is 0 Å². The van der Waals surface area contributed by atoms with Crippen molar-refractivity contribution in [3.8, 4) is 0 Å². The SMILES string of the molecule is CCCCCC(NC(=O)CC1(C)OCC(CC)(CO)CO1)NC(=O)CC1(C)OCC(CC)(CO)CO1. The first-order valence-corrected chi connectivity index (χ1v) is 13.4. The molecule has 0 aliphatic carbocycles. The predicted molar refractivity (Wildman–Crippen MR) is 134 cm³/mol. The first-order chi connectivity index (χ1) is 17.0. The molecule has 0 spiro atoms. The summed E-state index contributed by atoms with van der Waals surface area (Å²) in [7, 11) is 0. The van der Waals surface area contributed by atoms with Crippen LogP contribution >= 0.6 is 0 Å². The Hall–Kier alpha value is -1.30. The molecule has 0 aromatic rings. The Morgan fingerprint density at radius 1 is 0.750 bits per heavy atom. The van der Waals surface area contributed by atoms with Gasteiger partial charge in [0.05, 0.1) is 52.5 Å². The van der Waals surface area contributed by atoms with Gasteiger partial charge < -0.3 is 39.8 Å². The van der Waals surface area contributed by atoms with Crippen molar-refractivity contribution in [2.75, 3.05) is 39.6 Å². The topological polar surface area (TPSA) is 136 Å². The molecule has 2 aliphatic rings. The molecule has 210 valence electrons. The van der Waals surface area contributed by atoms with Crippen molar-refractivity contribution < 1.29 is 38.7 Å². The van der Waals surface area contributed by atoms with E-state index in [1.807, 2.05) is 13.8 Å². The molecule has 2 heterocycles. The Balaban J connectivity index is 1.92. The van der Waals surface area contributed by atoms with Gasteiger partial charge in [-0.1, -0.05) is 33.6 Å². The lowest BCUT2D eigenvalue weighted by Crippen LogP contribution is -2.55. The molecule has 2 fully saturated rings. The van der Waals surface area contributed by atoms with Gasteiger partial charge in [-0.3, -0.25) is 9.59 Å². The van der Waals surface area contributed by atoms with Crippen LogP contribution in [0.5, 0.6) is 0 Å². The minimum atomic E-state index is -1.09. The fourth-order valence-electron chi connectivity index (χ4n) is 4.26. The Bertz CT molecular complexity index is 634. The van der Waals surface area contributed by atoms with Crippen LogP contribution in [0.2, 0.25) is 0 Å². The number of aliphatic hydroxyl groups is 2. The van der Waals surface area contributed by atoms with Gasteiger partial charge >= 0.3 is 0 Å². The van der Waals surface area contributed by atoms with Crippen molar-refractivity contribution in [3.63, 3.8) is 0 Å². The number of carbonyl (C=O) groups is 2. The van der Waals surface area contributed by atoms with Crippen molar-refractivity contribution in [1.29, 1.82) is 0 Å². The molecule has 0 saturated carbocycles. The van der Waals surface area contributed by atoms with Crippen molar-refractivity contribution in [3.05, 3.63) is 0 Å². The van der Waals surface area contributed by atoms with Crippen LogP contribution < -0.4 is 10.6 Å². The van der Waals surface area contributed by atoms with E-state index in [1.54, 1.807) is 13.8 Å². The highest BCUT2D eigenvalue weighted by Gasteiger charge is 2.43. The molecule has 2 aliphatic heterocycles. The number of aliphatic hydroxyl groups excluding tert-OH is 2. The van der Waals surface area contributed by atoms with Crippen LogP contribution in [0.25, 0.3) is 0 Å². The fraction of sp³-hybridized carbons (Fsp3) is 0.923. The zero-order valence-electron chi connectivity index (χ0n) is 22.8. The van der Waals surface area contributed by atoms with Gasteiger partial charge in [0.15, 0.2) is 11.6 Å². The maximum absolute atomic E-state index is 12.9. The van der Waals surface area contributed by atoms with Crippen molar-refractivity contribution in [1.82, 2.24) is 10.6 Å². The van der Waals surface area contributed by atoms with Crippen molar-refractivity contribution in [2.24, 2.45) is 10.8 Å². The summed E-state index contributed by atoms with van der Waals surface area (Å²) in [5.41, 5.74) is -0.889. The second-order valence-corrected chi connectivity index (χ2v) is 11.0. The zero-order chi connectivity index (χ0) is 26.9. The highest BCUT2D eigenvalue weighted by atomic mass is 16.7. The largest absolute Gasteiger partial charge is 0.396 e. The predicted octanol–water partition coefficient (Wildman–Crippen LogP) is 2.21. The number of rotatable bonds is 14. The molecule has 0 radical (unpaired) electrons. The third-order valence-corrected chi connectivity index (χ3v) is 7.64. The van der Waals surface area contributed by atoms with E-state index >= 15 is 0 Å². The average molecular weight is 517 g/mol. The summed E-state index contributed by atoms with van der Waals surface area (Å²) in [4.78, 5) is 25.8. The first-order valence-electron chi connectivity index (χ1n) is 13.4. The minimum absolute atomic E-state index is 0.0252. The number of amides is 2. The third kappa shape index (κ3) is 8.63. The summed E-state index contributed by atoms with van der Waals surface area (Å²) in [6.45, 7) is 10.6. The van der Waals surface area contributed by atoms with Crippen LogP contribution in [0.3, 0.4) is 0 Å². The number of hydrogen-bond donors (Lipinski definition) is 4. The quantitative estimate of drug-likeness (QED) is 0.204. The smallest absolute Gasteiger partial charge is 0.227 e. The van der Waals surface area contributed by atoms with E-state index in [0.717, 1.165) is 19.3 Å². The lowest BCUT2D eigenvalue weighted by atomic mass is 9.87. The summed E-state index contributed by atoms with van der Waals surface area (Å²) in [6, 6.07) is 0. The van der Waals surface area contributed by atoms with Crippen LogP contribution in [-0.2, 0) is 28.5 Å². The number of hydrogen-bond acceptors (Lipinski definition) is 8. The van der Waals surface area contributed by atoms with Gasteiger partial charge in [0, 0.05) is 10.8 Å². The molecule has 2 rings (SSSR count). The summed E-state index contributed by atoms with van der Waals surface area (Å²) < 4.78 is 23.5. The van der Waals surface area contributed by atoms with Crippen LogP contribution in [-0.4, -0.2) is 79.4 Å². The van der Waals surface area contributed by atoms with Gasteiger partial charge in [0.2, 0.25) is 11.8 Å². The van der Waals surface area contributed by atoms with Crippen LogP contribution in [0.1, 0.15) is 86.0 Å². The molecule has 10 heteroatoms. The van der Waals surface area contributed by atoms with Crippen LogP contribution in [0.4, 0.5) is 0 Å². The van der Waals surface area contributed by atoms with E-state index in [9.17, 15) is 19.8 Å². The second kappa shape index (κ2) is 13.5. The molecular formula is C26H48N2O8. The fourth-order valence-corrected chi connectivity index (χ4v) is 4.26. The molecule has 4 N–H and O–H groups in total. The van der Waals surface area contributed by atoms with E-state index in [0.29, 0.717) is 45.7 Å². The molecule has 2 amide bonds. The van der Waals surface area contributed by atoms with E-state index < -0.39 is 28.6 Å². The summed E-state index contributed by atoms with van der Waals surface area (Å²) in [6.07, 6.45) is 4.27. The molecule has 36 heavy (non-hydrogen) atoms. The number of carbonyl (C=O) groups excluding carboxylic acids is 2. The molecule has 0 bridgehead atoms. The lowest BCUT2D eigenvalue weighted by molar-refractivity contribution is -0.299. The highest BCUT2D eigenvalue weighted by molar-refractivity contribution is 5.80. The first kappa shape index (κ1) is 30.9. The van der Waals surface area contributed by atoms with Crippen molar-refractivity contribution >= 4 is 11.8 Å². The van der Waals surface area contributed by atoms with E-state index in [1.165, 1.54) is 0 Å². The maximum atomic E-state index is 12.9. The molecular weight excluding hydrogens is 468 g/mol. The maximum Gasteiger partial charge on any atom is 0.227 e. The number of unbranched alkanes of at least 4 members (excludes halogenated alkanes) is 2. The van der Waals surface area contributed by atoms with Gasteiger partial charge in [-0.05, 0) is 39.5 Å². The molecule has 0 atom stereocenters. The van der Waals surface area contributed by atoms with E-state index in [-0.39, 0.29) is 37.9 Å². The van der Waals surface area contributed by atoms with E-state index in [4.69, 9.17) is 18.9 Å². The third-order valence-electron chi connectivity index (χ3n) is 7.64.